The third-order valence-corrected chi connectivity index (χ3v) is 4.05. The maximum Gasteiger partial charge on any atom is 0.237 e. The summed E-state index contributed by atoms with van der Waals surface area (Å²) in [6, 6.07) is 7.38. The van der Waals surface area contributed by atoms with E-state index in [1.807, 2.05) is 31.2 Å². The quantitative estimate of drug-likeness (QED) is 0.791. The van der Waals surface area contributed by atoms with Gasteiger partial charge in [0, 0.05) is 11.8 Å². The molecule has 0 spiro atoms. The molecular formula is C15H20N2O2S. The molecule has 1 fully saturated rings. The highest BCUT2D eigenvalue weighted by Crippen LogP contribution is 2.46. The van der Waals surface area contributed by atoms with Crippen LogP contribution >= 0.6 is 12.2 Å². The van der Waals surface area contributed by atoms with Gasteiger partial charge in [-0.1, -0.05) is 25.2 Å². The Morgan fingerprint density at radius 1 is 1.55 bits per heavy atom. The van der Waals surface area contributed by atoms with E-state index in [0.717, 1.165) is 25.0 Å². The number of carbonyl (C=O) groups is 1. The van der Waals surface area contributed by atoms with Crippen molar-refractivity contribution in [3.05, 3.63) is 24.3 Å². The van der Waals surface area contributed by atoms with E-state index in [-0.39, 0.29) is 17.0 Å². The average Bonchev–Trinajstić information content (AvgIpc) is 3.20. The van der Waals surface area contributed by atoms with Crippen molar-refractivity contribution in [3.63, 3.8) is 0 Å². The number of carbonyl (C=O) groups excluding carboxylic acids is 1. The molecule has 0 saturated heterocycles. The first kappa shape index (κ1) is 14.8. The highest BCUT2D eigenvalue weighted by atomic mass is 32.1. The first-order chi connectivity index (χ1) is 9.48. The fraction of sp³-hybridized carbons (Fsp3) is 0.467. The Kier molecular flexibility index (Phi) is 4.28. The fourth-order valence-corrected chi connectivity index (χ4v) is 2.22. The Balaban J connectivity index is 2.05. The van der Waals surface area contributed by atoms with Crippen molar-refractivity contribution < 1.29 is 9.53 Å². The molecule has 20 heavy (non-hydrogen) atoms. The van der Waals surface area contributed by atoms with Gasteiger partial charge in [0.15, 0.2) is 0 Å². The Hall–Kier alpha value is -1.62. The van der Waals surface area contributed by atoms with Crippen LogP contribution in [0.3, 0.4) is 0 Å². The van der Waals surface area contributed by atoms with Gasteiger partial charge in [-0.2, -0.15) is 0 Å². The van der Waals surface area contributed by atoms with Crippen LogP contribution in [0, 0.1) is 5.41 Å². The molecule has 1 amide bonds. The molecule has 1 atom stereocenters. The van der Waals surface area contributed by atoms with Crippen LogP contribution in [0.5, 0.6) is 5.75 Å². The minimum Gasteiger partial charge on any atom is -0.491 e. The summed E-state index contributed by atoms with van der Waals surface area (Å²) in [5.74, 6) is 0.628. The van der Waals surface area contributed by atoms with Crippen molar-refractivity contribution in [2.45, 2.75) is 39.2 Å². The standard InChI is InChI=1S/C15H20N2O2S/c1-3-10(2)19-12-6-4-5-11(9-12)17-14(18)15(7-8-15)13(16)20/h4-6,9-10H,3,7-8H2,1-2H3,(H2,16,20)(H,17,18). The molecule has 4 nitrogen and oxygen atoms in total. The van der Waals surface area contributed by atoms with Crippen LogP contribution in [0.4, 0.5) is 5.69 Å². The molecule has 1 unspecified atom stereocenters. The van der Waals surface area contributed by atoms with E-state index in [4.69, 9.17) is 22.7 Å². The third kappa shape index (κ3) is 3.10. The first-order valence-corrected chi connectivity index (χ1v) is 7.27. The Morgan fingerprint density at radius 3 is 2.80 bits per heavy atom. The second-order valence-corrected chi connectivity index (χ2v) is 5.70. The number of nitrogens with two attached hydrogens (primary N) is 1. The fourth-order valence-electron chi connectivity index (χ4n) is 1.92. The van der Waals surface area contributed by atoms with Gasteiger partial charge in [-0.3, -0.25) is 4.79 Å². The van der Waals surface area contributed by atoms with Gasteiger partial charge in [0.05, 0.1) is 16.5 Å². The van der Waals surface area contributed by atoms with Crippen molar-refractivity contribution in [2.24, 2.45) is 11.1 Å². The number of benzene rings is 1. The number of thiocarbonyl (C=S) groups is 1. The van der Waals surface area contributed by atoms with E-state index in [0.29, 0.717) is 5.69 Å². The van der Waals surface area contributed by atoms with Gasteiger partial charge < -0.3 is 15.8 Å². The van der Waals surface area contributed by atoms with Crippen molar-refractivity contribution in [2.75, 3.05) is 5.32 Å². The highest BCUT2D eigenvalue weighted by molar-refractivity contribution is 7.80. The monoisotopic (exact) mass is 292 g/mol. The van der Waals surface area contributed by atoms with Crippen LogP contribution in [0.2, 0.25) is 0 Å². The Labute approximate surface area is 124 Å². The molecule has 0 heterocycles. The summed E-state index contributed by atoms with van der Waals surface area (Å²) in [5, 5.41) is 2.87. The van der Waals surface area contributed by atoms with Crippen molar-refractivity contribution in [3.8, 4) is 5.75 Å². The molecule has 0 radical (unpaired) electrons. The van der Waals surface area contributed by atoms with Gasteiger partial charge in [-0.15, -0.1) is 0 Å². The second-order valence-electron chi connectivity index (χ2n) is 5.27. The lowest BCUT2D eigenvalue weighted by Gasteiger charge is -2.16. The van der Waals surface area contributed by atoms with Gasteiger partial charge in [0.2, 0.25) is 5.91 Å². The summed E-state index contributed by atoms with van der Waals surface area (Å²) < 4.78 is 5.73. The van der Waals surface area contributed by atoms with Crippen molar-refractivity contribution >= 4 is 28.8 Å². The molecule has 0 bridgehead atoms. The third-order valence-electron chi connectivity index (χ3n) is 3.66. The van der Waals surface area contributed by atoms with E-state index in [9.17, 15) is 4.79 Å². The molecule has 2 rings (SSSR count). The number of anilines is 1. The second kappa shape index (κ2) is 5.79. The van der Waals surface area contributed by atoms with Crippen LogP contribution < -0.4 is 15.8 Å². The molecule has 108 valence electrons. The van der Waals surface area contributed by atoms with E-state index < -0.39 is 5.41 Å². The van der Waals surface area contributed by atoms with Gasteiger partial charge in [0.25, 0.3) is 0 Å². The van der Waals surface area contributed by atoms with Gasteiger partial charge in [-0.25, -0.2) is 0 Å². The highest BCUT2D eigenvalue weighted by Gasteiger charge is 2.52. The molecule has 1 aromatic rings. The lowest BCUT2D eigenvalue weighted by Crippen LogP contribution is -2.35. The summed E-state index contributed by atoms with van der Waals surface area (Å²) in [4.78, 5) is 12.5. The normalized spacial score (nSPS) is 17.1. The summed E-state index contributed by atoms with van der Waals surface area (Å²) >= 11 is 4.98. The summed E-state index contributed by atoms with van der Waals surface area (Å²) in [5.41, 5.74) is 5.72. The summed E-state index contributed by atoms with van der Waals surface area (Å²) in [6.45, 7) is 4.08. The maximum atomic E-state index is 12.2. The van der Waals surface area contributed by atoms with Gasteiger partial charge in [-0.05, 0) is 38.3 Å². The zero-order valence-corrected chi connectivity index (χ0v) is 12.6. The summed E-state index contributed by atoms with van der Waals surface area (Å²) in [6.07, 6.45) is 2.54. The summed E-state index contributed by atoms with van der Waals surface area (Å²) in [7, 11) is 0. The van der Waals surface area contributed by atoms with Gasteiger partial charge >= 0.3 is 0 Å². The Bertz CT molecular complexity index is 526. The predicted molar refractivity (Wildman–Crippen MR) is 83.9 cm³/mol. The van der Waals surface area contributed by atoms with E-state index in [2.05, 4.69) is 12.2 Å². The molecule has 3 N–H and O–H groups in total. The number of amides is 1. The average molecular weight is 292 g/mol. The van der Waals surface area contributed by atoms with Crippen LogP contribution in [-0.4, -0.2) is 17.0 Å². The van der Waals surface area contributed by atoms with Crippen molar-refractivity contribution in [1.29, 1.82) is 0 Å². The van der Waals surface area contributed by atoms with Crippen LogP contribution in [0.1, 0.15) is 33.1 Å². The molecule has 1 aromatic carbocycles. The van der Waals surface area contributed by atoms with E-state index >= 15 is 0 Å². The molecule has 0 aromatic heterocycles. The smallest absolute Gasteiger partial charge is 0.237 e. The van der Waals surface area contributed by atoms with Crippen molar-refractivity contribution in [1.82, 2.24) is 0 Å². The molecule has 1 aliphatic carbocycles. The Morgan fingerprint density at radius 2 is 2.25 bits per heavy atom. The lowest BCUT2D eigenvalue weighted by molar-refractivity contribution is -0.118. The zero-order valence-electron chi connectivity index (χ0n) is 11.8. The number of hydrogen-bond acceptors (Lipinski definition) is 3. The maximum absolute atomic E-state index is 12.2. The number of rotatable bonds is 6. The van der Waals surface area contributed by atoms with E-state index in [1.165, 1.54) is 0 Å². The minimum absolute atomic E-state index is 0.120. The van der Waals surface area contributed by atoms with Crippen LogP contribution in [0.25, 0.3) is 0 Å². The lowest BCUT2D eigenvalue weighted by atomic mass is 10.1. The largest absolute Gasteiger partial charge is 0.491 e. The number of hydrogen-bond donors (Lipinski definition) is 2. The number of ether oxygens (including phenoxy) is 1. The molecule has 1 aliphatic rings. The molecular weight excluding hydrogens is 272 g/mol. The van der Waals surface area contributed by atoms with Gasteiger partial charge in [0.1, 0.15) is 5.75 Å². The zero-order chi connectivity index (χ0) is 14.8. The van der Waals surface area contributed by atoms with E-state index in [1.54, 1.807) is 0 Å². The predicted octanol–water partition coefficient (Wildman–Crippen LogP) is 2.87. The number of nitrogens with one attached hydrogen (secondary N) is 1. The van der Waals surface area contributed by atoms with Crippen LogP contribution in [0.15, 0.2) is 24.3 Å². The topological polar surface area (TPSA) is 64.3 Å². The van der Waals surface area contributed by atoms with Crippen LogP contribution in [-0.2, 0) is 4.79 Å². The minimum atomic E-state index is -0.636. The molecule has 0 aliphatic heterocycles. The SMILES string of the molecule is CCC(C)Oc1cccc(NC(=O)C2(C(N)=S)CC2)c1. The molecule has 1 saturated carbocycles. The molecule has 5 heteroatoms. The first-order valence-electron chi connectivity index (χ1n) is 6.86.